The topological polar surface area (TPSA) is 254 Å². The van der Waals surface area contributed by atoms with E-state index in [4.69, 9.17) is 0 Å². The number of carbonyl (C=O) groups excluding carboxylic acids is 1. The first-order chi connectivity index (χ1) is 20.1. The van der Waals surface area contributed by atoms with Crippen LogP contribution in [0.3, 0.4) is 0 Å². The Labute approximate surface area is 242 Å². The number of benzene rings is 2. The van der Waals surface area contributed by atoms with Crippen LogP contribution in [0.5, 0.6) is 0 Å². The molecule has 0 fully saturated rings. The van der Waals surface area contributed by atoms with Crippen molar-refractivity contribution in [3.05, 3.63) is 99.0 Å². The number of aliphatic carboxylic acids is 1. The largest absolute Gasteiger partial charge is 0.477 e. The summed E-state index contributed by atoms with van der Waals surface area (Å²) in [5.74, 6) is -4.16. The molecule has 1 aromatic heterocycles. The van der Waals surface area contributed by atoms with Crippen molar-refractivity contribution in [3.63, 3.8) is 0 Å². The number of rotatable bonds is 10. The summed E-state index contributed by atoms with van der Waals surface area (Å²) in [6.07, 6.45) is 2.96. The van der Waals surface area contributed by atoms with E-state index in [1.54, 1.807) is 0 Å². The smallest absolute Gasteiger partial charge is 0.357 e. The van der Waals surface area contributed by atoms with Gasteiger partial charge in [-0.2, -0.15) is 21.9 Å². The van der Waals surface area contributed by atoms with Crippen molar-refractivity contribution in [1.82, 2.24) is 14.8 Å². The van der Waals surface area contributed by atoms with E-state index in [2.05, 4.69) is 10.2 Å². The third-order valence-corrected chi connectivity index (χ3v) is 7.93. The number of allylic oxidation sites excluding steroid dienone is 2. The summed E-state index contributed by atoms with van der Waals surface area (Å²) in [6, 6.07) is 10.3. The van der Waals surface area contributed by atoms with Crippen molar-refractivity contribution in [1.29, 1.82) is 0 Å². The van der Waals surface area contributed by atoms with E-state index in [1.165, 1.54) is 36.4 Å². The molecule has 1 aliphatic rings. The molecule has 1 aliphatic heterocycles. The Morgan fingerprint density at radius 1 is 0.837 bits per heavy atom. The van der Waals surface area contributed by atoms with E-state index in [0.29, 0.717) is 5.01 Å². The zero-order valence-electron chi connectivity index (χ0n) is 21.5. The molecular formula is C25H20N4O12S2. The highest BCUT2D eigenvalue weighted by molar-refractivity contribution is 7.86. The van der Waals surface area contributed by atoms with Gasteiger partial charge in [-0.05, 0) is 35.4 Å². The molecule has 0 bridgehead atoms. The molecule has 3 aromatic rings. The number of carboxylic acids is 2. The van der Waals surface area contributed by atoms with Gasteiger partial charge in [-0.1, -0.05) is 42.5 Å². The summed E-state index contributed by atoms with van der Waals surface area (Å²) >= 11 is 0. The number of aromatic amines is 1. The molecule has 2 aromatic carbocycles. The minimum absolute atomic E-state index is 0.0301. The fourth-order valence-corrected chi connectivity index (χ4v) is 5.58. The standard InChI is InChI=1S/C25H20N4O12S2/c30-22-16(20(24(32)33)26-28(22)12-14-6-1-3-10-18(14)42(36,37)38)8-5-9-17-21(25(34)35)27-29(23(17)31)13-15-7-2-4-11-19(15)43(39,40)41/h1-11,26H,12-13H2,(H,32,33)(H,34,35)(H,36,37,38)(H,39,40,41). The molecule has 0 saturated carbocycles. The quantitative estimate of drug-likeness (QED) is 0.154. The number of H-pyrrole nitrogens is 1. The van der Waals surface area contributed by atoms with Crippen LogP contribution in [0.4, 0.5) is 0 Å². The fourth-order valence-electron chi connectivity index (χ4n) is 4.15. The van der Waals surface area contributed by atoms with Crippen LogP contribution in [0.1, 0.15) is 27.2 Å². The summed E-state index contributed by atoms with van der Waals surface area (Å²) in [5, 5.41) is 25.9. The minimum Gasteiger partial charge on any atom is -0.477 e. The molecular weight excluding hydrogens is 612 g/mol. The van der Waals surface area contributed by atoms with Crippen LogP contribution < -0.4 is 5.56 Å². The summed E-state index contributed by atoms with van der Waals surface area (Å²) in [7, 11) is -9.34. The summed E-state index contributed by atoms with van der Waals surface area (Å²) in [5.41, 5.74) is -3.28. The van der Waals surface area contributed by atoms with Crippen LogP contribution in [-0.2, 0) is 42.9 Å². The van der Waals surface area contributed by atoms with Gasteiger partial charge in [0.05, 0.1) is 34.0 Å². The van der Waals surface area contributed by atoms with E-state index >= 15 is 0 Å². The molecule has 0 spiro atoms. The van der Waals surface area contributed by atoms with Gasteiger partial charge in [-0.15, -0.1) is 0 Å². The number of carbonyl (C=O) groups is 3. The molecule has 0 unspecified atom stereocenters. The third-order valence-electron chi connectivity index (χ3n) is 6.02. The molecule has 18 heteroatoms. The van der Waals surface area contributed by atoms with E-state index in [1.807, 2.05) is 0 Å². The Hall–Kier alpha value is -5.17. The second-order valence-electron chi connectivity index (χ2n) is 8.82. The number of hydrogen-bond donors (Lipinski definition) is 5. The molecule has 2 heterocycles. The number of nitrogens with one attached hydrogen (secondary N) is 1. The zero-order chi connectivity index (χ0) is 31.7. The number of hydrogen-bond acceptors (Lipinski definition) is 9. The molecule has 0 aliphatic carbocycles. The predicted octanol–water partition coefficient (Wildman–Crippen LogP) is 0.839. The zero-order valence-corrected chi connectivity index (χ0v) is 23.1. The Morgan fingerprint density at radius 2 is 1.37 bits per heavy atom. The monoisotopic (exact) mass is 632 g/mol. The summed E-state index contributed by atoms with van der Waals surface area (Å²) in [6.45, 7) is -0.998. The average molecular weight is 633 g/mol. The highest BCUT2D eigenvalue weighted by atomic mass is 32.2. The van der Waals surface area contributed by atoms with E-state index in [9.17, 15) is 55.3 Å². The maximum absolute atomic E-state index is 13.0. The van der Waals surface area contributed by atoms with Crippen molar-refractivity contribution in [3.8, 4) is 0 Å². The number of hydrazone groups is 1. The summed E-state index contributed by atoms with van der Waals surface area (Å²) in [4.78, 5) is 48.6. The van der Waals surface area contributed by atoms with Gasteiger partial charge in [0.2, 0.25) is 0 Å². The Bertz CT molecular complexity index is 2040. The lowest BCUT2D eigenvalue weighted by Crippen LogP contribution is -2.23. The van der Waals surface area contributed by atoms with Gasteiger partial charge in [0, 0.05) is 0 Å². The predicted molar refractivity (Wildman–Crippen MR) is 146 cm³/mol. The van der Waals surface area contributed by atoms with E-state index < -0.39 is 89.1 Å². The van der Waals surface area contributed by atoms with Crippen LogP contribution in [0.2, 0.25) is 0 Å². The Kier molecular flexibility index (Phi) is 8.31. The minimum atomic E-state index is -4.68. The van der Waals surface area contributed by atoms with Gasteiger partial charge >= 0.3 is 11.9 Å². The highest BCUT2D eigenvalue weighted by Gasteiger charge is 2.34. The fraction of sp³-hybridized carbons (Fsp3) is 0.0800. The van der Waals surface area contributed by atoms with Gasteiger partial charge in [-0.25, -0.2) is 19.3 Å². The van der Waals surface area contributed by atoms with Crippen molar-refractivity contribution >= 4 is 49.9 Å². The molecule has 1 amide bonds. The Balaban J connectivity index is 1.67. The maximum Gasteiger partial charge on any atom is 0.357 e. The van der Waals surface area contributed by atoms with Gasteiger partial charge in [0.25, 0.3) is 31.7 Å². The SMILES string of the molecule is O=C(O)C1=NN(Cc2ccccc2S(=O)(=O)O)C(=O)C1=CC=Cc1c(C(=O)O)[nH]n(Cc2ccccc2S(=O)(=O)O)c1=O. The molecule has 5 N–H and O–H groups in total. The second kappa shape index (κ2) is 11.6. The molecule has 0 radical (unpaired) electrons. The highest BCUT2D eigenvalue weighted by Crippen LogP contribution is 2.23. The molecule has 0 saturated heterocycles. The van der Waals surface area contributed by atoms with Crippen LogP contribution in [0.15, 0.2) is 85.9 Å². The average Bonchev–Trinajstić information content (AvgIpc) is 3.40. The molecule has 4 rings (SSSR count). The number of aromatic nitrogens is 2. The van der Waals surface area contributed by atoms with Crippen molar-refractivity contribution < 1.29 is 50.5 Å². The van der Waals surface area contributed by atoms with Gasteiger partial charge in [0.15, 0.2) is 11.4 Å². The Morgan fingerprint density at radius 3 is 1.88 bits per heavy atom. The third kappa shape index (κ3) is 6.51. The van der Waals surface area contributed by atoms with Crippen molar-refractivity contribution in [2.75, 3.05) is 0 Å². The lowest BCUT2D eigenvalue weighted by Gasteiger charge is -2.13. The number of aromatic carboxylic acids is 1. The van der Waals surface area contributed by atoms with Crippen LogP contribution in [0.25, 0.3) is 6.08 Å². The summed E-state index contributed by atoms with van der Waals surface area (Å²) < 4.78 is 66.4. The number of amides is 1. The van der Waals surface area contributed by atoms with Crippen molar-refractivity contribution in [2.24, 2.45) is 5.10 Å². The lowest BCUT2D eigenvalue weighted by atomic mass is 10.1. The molecule has 0 atom stereocenters. The molecule has 16 nitrogen and oxygen atoms in total. The first-order valence-corrected chi connectivity index (χ1v) is 14.7. The van der Waals surface area contributed by atoms with Crippen molar-refractivity contribution in [2.45, 2.75) is 22.9 Å². The van der Waals surface area contributed by atoms with Crippen LogP contribution in [-0.4, -0.2) is 74.5 Å². The second-order valence-corrected chi connectivity index (χ2v) is 11.6. The first-order valence-electron chi connectivity index (χ1n) is 11.8. The maximum atomic E-state index is 13.0. The van der Waals surface area contributed by atoms with Gasteiger partial charge in [-0.3, -0.25) is 23.8 Å². The first kappa shape index (κ1) is 30.8. The van der Waals surface area contributed by atoms with Crippen LogP contribution in [0, 0.1) is 0 Å². The van der Waals surface area contributed by atoms with Gasteiger partial charge in [0.1, 0.15) is 0 Å². The molecule has 43 heavy (non-hydrogen) atoms. The number of nitrogens with zero attached hydrogens (tertiary/aromatic N) is 3. The number of carboxylic acid groups (broad SMARTS) is 2. The lowest BCUT2D eigenvalue weighted by molar-refractivity contribution is -0.129. The van der Waals surface area contributed by atoms with E-state index in [-0.39, 0.29) is 11.1 Å². The van der Waals surface area contributed by atoms with Gasteiger partial charge < -0.3 is 10.2 Å². The molecule has 224 valence electrons. The van der Waals surface area contributed by atoms with E-state index in [0.717, 1.165) is 35.0 Å². The van der Waals surface area contributed by atoms with Crippen LogP contribution >= 0.6 is 0 Å². The normalized spacial score (nSPS) is 14.9.